The summed E-state index contributed by atoms with van der Waals surface area (Å²) in [5.74, 6) is -0.786. The second-order valence-electron chi connectivity index (χ2n) is 7.95. The van der Waals surface area contributed by atoms with Gasteiger partial charge in [0, 0.05) is 6.54 Å². The van der Waals surface area contributed by atoms with Crippen LogP contribution in [0.15, 0.2) is 84.9 Å². The quantitative estimate of drug-likeness (QED) is 0.684. The van der Waals surface area contributed by atoms with Gasteiger partial charge in [0.2, 0.25) is 5.91 Å². The summed E-state index contributed by atoms with van der Waals surface area (Å²) in [6, 6.07) is 26.7. The first-order chi connectivity index (χ1) is 14.6. The molecule has 2 aliphatic rings. The van der Waals surface area contributed by atoms with Gasteiger partial charge in [-0.3, -0.25) is 9.59 Å². The summed E-state index contributed by atoms with van der Waals surface area (Å²) in [4.78, 5) is 28.4. The lowest BCUT2D eigenvalue weighted by molar-refractivity contribution is -0.124. The molecule has 5 heteroatoms. The number of benzene rings is 3. The average molecular weight is 397 g/mol. The number of nitrogens with zero attached hydrogens (tertiary/aromatic N) is 2. The number of nitrogens with one attached hydrogen (secondary N) is 1. The lowest BCUT2D eigenvalue weighted by Crippen LogP contribution is -2.45. The van der Waals surface area contributed by atoms with E-state index in [0.29, 0.717) is 12.2 Å². The fourth-order valence-electron chi connectivity index (χ4n) is 4.48. The van der Waals surface area contributed by atoms with Crippen molar-refractivity contribution in [3.8, 4) is 0 Å². The van der Waals surface area contributed by atoms with Gasteiger partial charge < -0.3 is 0 Å². The SMILES string of the molecule is Cc1ccc(N2C(=O)[C@H]3[C@@H](C2=O)N(Cc2ccccc2)N[C@H]3c2ccccc2)cc1. The Kier molecular flexibility index (Phi) is 4.69. The summed E-state index contributed by atoms with van der Waals surface area (Å²) in [5, 5.41) is 1.94. The monoisotopic (exact) mass is 397 g/mol. The molecule has 2 saturated heterocycles. The van der Waals surface area contributed by atoms with Gasteiger partial charge in [0.25, 0.3) is 5.91 Å². The van der Waals surface area contributed by atoms with Gasteiger partial charge in [0.1, 0.15) is 6.04 Å². The average Bonchev–Trinajstić information content (AvgIpc) is 3.27. The van der Waals surface area contributed by atoms with Gasteiger partial charge in [-0.1, -0.05) is 78.4 Å². The molecular formula is C25H23N3O2. The van der Waals surface area contributed by atoms with Crippen molar-refractivity contribution in [2.75, 3.05) is 4.90 Å². The van der Waals surface area contributed by atoms with E-state index < -0.39 is 12.0 Å². The van der Waals surface area contributed by atoms with Crippen LogP contribution in [-0.4, -0.2) is 22.9 Å². The van der Waals surface area contributed by atoms with Crippen LogP contribution in [0.2, 0.25) is 0 Å². The van der Waals surface area contributed by atoms with E-state index in [-0.39, 0.29) is 17.9 Å². The number of imide groups is 1. The van der Waals surface area contributed by atoms with Crippen molar-refractivity contribution in [1.29, 1.82) is 0 Å². The first-order valence-corrected chi connectivity index (χ1v) is 10.2. The van der Waals surface area contributed by atoms with Crippen LogP contribution in [0.3, 0.4) is 0 Å². The minimum Gasteiger partial charge on any atom is -0.274 e. The van der Waals surface area contributed by atoms with Gasteiger partial charge in [-0.2, -0.15) is 0 Å². The molecule has 5 rings (SSSR count). The number of amides is 2. The van der Waals surface area contributed by atoms with Crippen LogP contribution in [0.25, 0.3) is 0 Å². The lowest BCUT2D eigenvalue weighted by Gasteiger charge is -2.25. The largest absolute Gasteiger partial charge is 0.274 e. The maximum atomic E-state index is 13.5. The minimum atomic E-state index is -0.538. The number of hydrazine groups is 1. The molecule has 0 unspecified atom stereocenters. The predicted octanol–water partition coefficient (Wildman–Crippen LogP) is 3.61. The Labute approximate surface area is 175 Å². The van der Waals surface area contributed by atoms with Crippen LogP contribution in [0.4, 0.5) is 5.69 Å². The molecular weight excluding hydrogens is 374 g/mol. The molecule has 2 aliphatic heterocycles. The second-order valence-corrected chi connectivity index (χ2v) is 7.95. The van der Waals surface area contributed by atoms with Crippen LogP contribution in [0.5, 0.6) is 0 Å². The molecule has 0 aromatic heterocycles. The minimum absolute atomic E-state index is 0.147. The molecule has 2 fully saturated rings. The van der Waals surface area contributed by atoms with Gasteiger partial charge in [-0.15, -0.1) is 0 Å². The summed E-state index contributed by atoms with van der Waals surface area (Å²) in [6.07, 6.45) is 0. The molecule has 3 aromatic carbocycles. The van der Waals surface area contributed by atoms with Gasteiger partial charge >= 0.3 is 0 Å². The molecule has 0 saturated carbocycles. The summed E-state index contributed by atoms with van der Waals surface area (Å²) >= 11 is 0. The first-order valence-electron chi connectivity index (χ1n) is 10.2. The third kappa shape index (κ3) is 3.12. The van der Waals surface area contributed by atoms with E-state index in [2.05, 4.69) is 5.43 Å². The molecule has 30 heavy (non-hydrogen) atoms. The smallest absolute Gasteiger partial charge is 0.253 e. The Hall–Kier alpha value is -3.28. The predicted molar refractivity (Wildman–Crippen MR) is 115 cm³/mol. The summed E-state index contributed by atoms with van der Waals surface area (Å²) in [5.41, 5.74) is 7.29. The normalized spacial score (nSPS) is 23.8. The first kappa shape index (κ1) is 18.7. The Balaban J connectivity index is 1.53. The maximum Gasteiger partial charge on any atom is 0.253 e. The van der Waals surface area contributed by atoms with Crippen molar-refractivity contribution in [2.45, 2.75) is 25.6 Å². The van der Waals surface area contributed by atoms with Gasteiger partial charge in [0.15, 0.2) is 0 Å². The number of fused-ring (bicyclic) bond motifs is 1. The van der Waals surface area contributed by atoms with Gasteiger partial charge in [-0.05, 0) is 30.2 Å². The Morgan fingerprint density at radius 3 is 2.10 bits per heavy atom. The topological polar surface area (TPSA) is 52.7 Å². The molecule has 0 spiro atoms. The van der Waals surface area contributed by atoms with E-state index >= 15 is 0 Å². The van der Waals surface area contributed by atoms with Gasteiger partial charge in [-0.25, -0.2) is 15.3 Å². The van der Waals surface area contributed by atoms with Crippen LogP contribution >= 0.6 is 0 Å². The third-order valence-electron chi connectivity index (χ3n) is 5.97. The molecule has 150 valence electrons. The van der Waals surface area contributed by atoms with E-state index in [4.69, 9.17) is 0 Å². The molecule has 0 aliphatic carbocycles. The second kappa shape index (κ2) is 7.52. The molecule has 0 bridgehead atoms. The third-order valence-corrected chi connectivity index (χ3v) is 5.97. The van der Waals surface area contributed by atoms with Crippen LogP contribution in [0.1, 0.15) is 22.7 Å². The fourth-order valence-corrected chi connectivity index (χ4v) is 4.48. The highest BCUT2D eigenvalue weighted by Gasteiger charge is 2.58. The van der Waals surface area contributed by atoms with Crippen molar-refractivity contribution in [3.05, 3.63) is 102 Å². The molecule has 3 aromatic rings. The number of rotatable bonds is 4. The molecule has 2 heterocycles. The highest BCUT2D eigenvalue weighted by molar-refractivity contribution is 6.24. The highest BCUT2D eigenvalue weighted by atomic mass is 16.2. The Morgan fingerprint density at radius 1 is 0.800 bits per heavy atom. The number of hydrogen-bond donors (Lipinski definition) is 1. The van der Waals surface area contributed by atoms with Gasteiger partial charge in [0.05, 0.1) is 17.6 Å². The standard InChI is InChI=1S/C25H23N3O2/c1-17-12-14-20(15-13-17)28-24(29)21-22(19-10-6-3-7-11-19)26-27(23(21)25(28)30)16-18-8-4-2-5-9-18/h2-15,21-23,26H,16H2,1H3/t21-,22+,23+/m1/s1. The summed E-state index contributed by atoms with van der Waals surface area (Å²) in [7, 11) is 0. The number of anilines is 1. The Morgan fingerprint density at radius 2 is 1.43 bits per heavy atom. The maximum absolute atomic E-state index is 13.5. The molecule has 2 amide bonds. The van der Waals surface area contributed by atoms with E-state index in [9.17, 15) is 9.59 Å². The van der Waals surface area contributed by atoms with Crippen LogP contribution in [0, 0.1) is 12.8 Å². The zero-order valence-corrected chi connectivity index (χ0v) is 16.7. The number of hydrogen-bond acceptors (Lipinski definition) is 4. The van der Waals surface area contributed by atoms with Crippen molar-refractivity contribution in [2.24, 2.45) is 5.92 Å². The summed E-state index contributed by atoms with van der Waals surface area (Å²) < 4.78 is 0. The van der Waals surface area contributed by atoms with Crippen LogP contribution < -0.4 is 10.3 Å². The molecule has 1 N–H and O–H groups in total. The van der Waals surface area contributed by atoms with Crippen molar-refractivity contribution >= 4 is 17.5 Å². The van der Waals surface area contributed by atoms with Crippen LogP contribution in [-0.2, 0) is 16.1 Å². The van der Waals surface area contributed by atoms with E-state index in [1.807, 2.05) is 96.9 Å². The van der Waals surface area contributed by atoms with Crippen molar-refractivity contribution in [1.82, 2.24) is 10.4 Å². The lowest BCUT2D eigenvalue weighted by atomic mass is 9.91. The summed E-state index contributed by atoms with van der Waals surface area (Å²) in [6.45, 7) is 2.54. The van der Waals surface area contributed by atoms with E-state index in [1.54, 1.807) is 0 Å². The zero-order chi connectivity index (χ0) is 20.7. The van der Waals surface area contributed by atoms with E-state index in [0.717, 1.165) is 16.7 Å². The van der Waals surface area contributed by atoms with Crippen molar-refractivity contribution < 1.29 is 9.59 Å². The molecule has 3 atom stereocenters. The highest BCUT2D eigenvalue weighted by Crippen LogP contribution is 2.42. The number of aryl methyl sites for hydroxylation is 1. The number of carbonyl (C=O) groups is 2. The molecule has 5 nitrogen and oxygen atoms in total. The molecule has 0 radical (unpaired) electrons. The Bertz CT molecular complexity index is 1070. The number of carbonyl (C=O) groups excluding carboxylic acids is 2. The fraction of sp³-hybridized carbons (Fsp3) is 0.200. The van der Waals surface area contributed by atoms with Crippen molar-refractivity contribution in [3.63, 3.8) is 0 Å². The zero-order valence-electron chi connectivity index (χ0n) is 16.7. The van der Waals surface area contributed by atoms with E-state index in [1.165, 1.54) is 4.90 Å².